The quantitative estimate of drug-likeness (QED) is 0.751. The second-order valence-corrected chi connectivity index (χ2v) is 6.65. The molecule has 2 aromatic rings. The number of amides is 1. The van der Waals surface area contributed by atoms with E-state index in [-0.39, 0.29) is 18.3 Å². The Morgan fingerprint density at radius 1 is 1.00 bits per heavy atom. The summed E-state index contributed by atoms with van der Waals surface area (Å²) in [5, 5.41) is 3.13. The molecule has 1 aliphatic heterocycles. The smallest absolute Gasteiger partial charge is 0.261 e. The summed E-state index contributed by atoms with van der Waals surface area (Å²) >= 11 is 0. The maximum atomic E-state index is 13.4. The first-order valence-corrected chi connectivity index (χ1v) is 9.53. The zero-order valence-corrected chi connectivity index (χ0v) is 16.7. The van der Waals surface area contributed by atoms with Gasteiger partial charge in [-0.15, -0.1) is 12.4 Å². The fourth-order valence-electron chi connectivity index (χ4n) is 3.68. The zero-order chi connectivity index (χ0) is 18.2. The lowest BCUT2D eigenvalue weighted by molar-refractivity contribution is -0.142. The van der Waals surface area contributed by atoms with Crippen LogP contribution in [0.5, 0.6) is 0 Å². The average molecular weight is 389 g/mol. The lowest BCUT2D eigenvalue weighted by Crippen LogP contribution is -2.49. The second kappa shape index (κ2) is 10.5. The van der Waals surface area contributed by atoms with Crippen LogP contribution in [0.1, 0.15) is 30.9 Å². The van der Waals surface area contributed by atoms with Crippen molar-refractivity contribution in [3.05, 3.63) is 71.8 Å². The molecule has 1 aliphatic rings. The van der Waals surface area contributed by atoms with E-state index in [4.69, 9.17) is 4.74 Å². The summed E-state index contributed by atoms with van der Waals surface area (Å²) in [6, 6.07) is 19.5. The van der Waals surface area contributed by atoms with E-state index in [1.807, 2.05) is 67.6 Å². The van der Waals surface area contributed by atoms with E-state index in [2.05, 4.69) is 10.2 Å². The van der Waals surface area contributed by atoms with Crippen molar-refractivity contribution < 1.29 is 9.53 Å². The number of likely N-dealkylation sites (tertiary alicyclic amines) is 1. The van der Waals surface area contributed by atoms with Crippen molar-refractivity contribution in [3.8, 4) is 0 Å². The van der Waals surface area contributed by atoms with Gasteiger partial charge < -0.3 is 15.0 Å². The predicted octanol–water partition coefficient (Wildman–Crippen LogP) is 3.60. The highest BCUT2D eigenvalue weighted by Crippen LogP contribution is 2.34. The highest BCUT2D eigenvalue weighted by Gasteiger charge is 2.42. The van der Waals surface area contributed by atoms with Gasteiger partial charge in [-0.2, -0.15) is 0 Å². The van der Waals surface area contributed by atoms with Crippen molar-refractivity contribution in [2.45, 2.75) is 25.4 Å². The first kappa shape index (κ1) is 21.4. The van der Waals surface area contributed by atoms with Gasteiger partial charge in [-0.3, -0.25) is 4.79 Å². The van der Waals surface area contributed by atoms with Crippen LogP contribution in [0.25, 0.3) is 0 Å². The van der Waals surface area contributed by atoms with Crippen LogP contribution in [0.15, 0.2) is 60.7 Å². The summed E-state index contributed by atoms with van der Waals surface area (Å²) in [6.07, 6.45) is 2.51. The molecule has 1 amide bonds. The summed E-state index contributed by atoms with van der Waals surface area (Å²) in [6.45, 7) is 6.15. The van der Waals surface area contributed by atoms with Gasteiger partial charge in [0, 0.05) is 19.7 Å². The molecular weight excluding hydrogens is 360 g/mol. The third-order valence-corrected chi connectivity index (χ3v) is 4.95. The fraction of sp³-hybridized carbons (Fsp3) is 0.409. The molecule has 0 saturated carbocycles. The van der Waals surface area contributed by atoms with E-state index in [0.29, 0.717) is 13.2 Å². The Labute approximate surface area is 168 Å². The number of nitrogens with zero attached hydrogens (tertiary/aromatic N) is 1. The fourth-order valence-corrected chi connectivity index (χ4v) is 3.68. The Bertz CT molecular complexity index is 648. The molecule has 0 aliphatic carbocycles. The molecule has 3 rings (SSSR count). The lowest BCUT2D eigenvalue weighted by atomic mass is 9.85. The van der Waals surface area contributed by atoms with Crippen LogP contribution in [-0.4, -0.2) is 43.6 Å². The van der Waals surface area contributed by atoms with Gasteiger partial charge in [-0.05, 0) is 44.0 Å². The normalized spacial score (nSPS) is 14.6. The molecule has 0 spiro atoms. The van der Waals surface area contributed by atoms with E-state index in [1.54, 1.807) is 0 Å². The molecule has 5 heteroatoms. The Morgan fingerprint density at radius 2 is 1.52 bits per heavy atom. The molecular formula is C22H29ClN2O2. The number of ether oxygens (including phenoxy) is 1. The monoisotopic (exact) mass is 388 g/mol. The molecule has 0 radical (unpaired) electrons. The van der Waals surface area contributed by atoms with Crippen LogP contribution in [0, 0.1) is 0 Å². The van der Waals surface area contributed by atoms with Crippen LogP contribution >= 0.6 is 12.4 Å². The number of benzene rings is 2. The summed E-state index contributed by atoms with van der Waals surface area (Å²) in [5.74, 6) is -0.101. The van der Waals surface area contributed by atoms with Crippen molar-refractivity contribution in [1.82, 2.24) is 10.2 Å². The van der Waals surface area contributed by atoms with Crippen molar-refractivity contribution in [1.29, 1.82) is 0 Å². The standard InChI is InChI=1S/C22H28N2O2.ClH/c1-2-26-22(19-11-5-3-6-12-19,20-13-7-4-8-14-20)21(25)23-15-18-24-16-9-10-17-24;/h3-8,11-14H,2,9-10,15-18H2,1H3,(H,23,25);1H. The van der Waals surface area contributed by atoms with Crippen molar-refractivity contribution >= 4 is 18.3 Å². The largest absolute Gasteiger partial charge is 0.356 e. The molecule has 2 aromatic carbocycles. The van der Waals surface area contributed by atoms with Gasteiger partial charge in [0.25, 0.3) is 5.91 Å². The molecule has 1 fully saturated rings. The second-order valence-electron chi connectivity index (χ2n) is 6.65. The lowest BCUT2D eigenvalue weighted by Gasteiger charge is -2.33. The number of halogens is 1. The van der Waals surface area contributed by atoms with Crippen molar-refractivity contribution in [2.24, 2.45) is 0 Å². The Balaban J connectivity index is 0.00000261. The van der Waals surface area contributed by atoms with Crippen molar-refractivity contribution in [3.63, 3.8) is 0 Å². The number of rotatable bonds is 8. The van der Waals surface area contributed by atoms with E-state index in [0.717, 1.165) is 30.8 Å². The number of carbonyl (C=O) groups is 1. The molecule has 0 bridgehead atoms. The maximum absolute atomic E-state index is 13.4. The van der Waals surface area contributed by atoms with E-state index < -0.39 is 5.60 Å². The van der Waals surface area contributed by atoms with Gasteiger partial charge in [0.15, 0.2) is 5.60 Å². The van der Waals surface area contributed by atoms with Gasteiger partial charge >= 0.3 is 0 Å². The molecule has 27 heavy (non-hydrogen) atoms. The Kier molecular flexibility index (Phi) is 8.29. The number of nitrogens with one attached hydrogen (secondary N) is 1. The molecule has 1 heterocycles. The molecule has 4 nitrogen and oxygen atoms in total. The minimum absolute atomic E-state index is 0. The SMILES string of the molecule is CCOC(C(=O)NCCN1CCCC1)(c1ccccc1)c1ccccc1.Cl. The Hall–Kier alpha value is -1.88. The van der Waals surface area contributed by atoms with Gasteiger partial charge in [0.05, 0.1) is 0 Å². The molecule has 0 aromatic heterocycles. The van der Waals surface area contributed by atoms with E-state index in [9.17, 15) is 4.79 Å². The van der Waals surface area contributed by atoms with E-state index >= 15 is 0 Å². The molecule has 0 atom stereocenters. The molecule has 1 saturated heterocycles. The summed E-state index contributed by atoms with van der Waals surface area (Å²) < 4.78 is 6.16. The Morgan fingerprint density at radius 3 is 2.00 bits per heavy atom. The topological polar surface area (TPSA) is 41.6 Å². The van der Waals surface area contributed by atoms with Gasteiger partial charge in [0.2, 0.25) is 0 Å². The number of hydrogen-bond donors (Lipinski definition) is 1. The summed E-state index contributed by atoms with van der Waals surface area (Å²) in [5.41, 5.74) is 0.584. The molecule has 1 N–H and O–H groups in total. The summed E-state index contributed by atoms with van der Waals surface area (Å²) in [7, 11) is 0. The minimum atomic E-state index is -1.12. The van der Waals surface area contributed by atoms with Crippen LogP contribution < -0.4 is 5.32 Å². The highest BCUT2D eigenvalue weighted by atomic mass is 35.5. The first-order chi connectivity index (χ1) is 12.8. The first-order valence-electron chi connectivity index (χ1n) is 9.53. The van der Waals surface area contributed by atoms with E-state index in [1.165, 1.54) is 12.8 Å². The molecule has 146 valence electrons. The van der Waals surface area contributed by atoms with Gasteiger partial charge in [0.1, 0.15) is 0 Å². The third-order valence-electron chi connectivity index (χ3n) is 4.95. The van der Waals surface area contributed by atoms with Crippen molar-refractivity contribution in [2.75, 3.05) is 32.8 Å². The predicted molar refractivity (Wildman–Crippen MR) is 111 cm³/mol. The van der Waals surface area contributed by atoms with Gasteiger partial charge in [-0.25, -0.2) is 0 Å². The number of hydrogen-bond acceptors (Lipinski definition) is 3. The number of carbonyl (C=O) groups excluding carboxylic acids is 1. The van der Waals surface area contributed by atoms with Crippen LogP contribution in [0.4, 0.5) is 0 Å². The maximum Gasteiger partial charge on any atom is 0.261 e. The van der Waals surface area contributed by atoms with Crippen LogP contribution in [0.3, 0.4) is 0 Å². The highest BCUT2D eigenvalue weighted by molar-refractivity contribution is 5.90. The third kappa shape index (κ3) is 4.89. The van der Waals surface area contributed by atoms with Crippen LogP contribution in [-0.2, 0) is 15.1 Å². The van der Waals surface area contributed by atoms with Gasteiger partial charge in [-0.1, -0.05) is 60.7 Å². The summed E-state index contributed by atoms with van der Waals surface area (Å²) in [4.78, 5) is 15.8. The molecule has 0 unspecified atom stereocenters. The average Bonchev–Trinajstić information content (AvgIpc) is 3.21. The van der Waals surface area contributed by atoms with Crippen LogP contribution in [0.2, 0.25) is 0 Å². The minimum Gasteiger partial charge on any atom is -0.356 e. The zero-order valence-electron chi connectivity index (χ0n) is 15.9.